The van der Waals surface area contributed by atoms with Crippen molar-refractivity contribution in [3.05, 3.63) is 41.3 Å². The fourth-order valence-electron chi connectivity index (χ4n) is 3.07. The summed E-state index contributed by atoms with van der Waals surface area (Å²) in [6.07, 6.45) is 2.19. The van der Waals surface area contributed by atoms with Gasteiger partial charge in [0.1, 0.15) is 17.8 Å². The van der Waals surface area contributed by atoms with Gasteiger partial charge in [-0.15, -0.1) is 0 Å². The Bertz CT molecular complexity index is 807. The number of anilines is 1. The largest absolute Gasteiger partial charge is 0.493 e. The summed E-state index contributed by atoms with van der Waals surface area (Å²) in [5.41, 5.74) is 2.64. The van der Waals surface area contributed by atoms with Crippen molar-refractivity contribution in [2.45, 2.75) is 32.9 Å². The SMILES string of the molecule is COc1cc2c(cc1OC)CN(C(=O)c1cc(NC(C)C)ncn1)CC2. The van der Waals surface area contributed by atoms with Crippen LogP contribution in [-0.4, -0.2) is 47.6 Å². The Kier molecular flexibility index (Phi) is 5.25. The minimum atomic E-state index is -0.0976. The number of fused-ring (bicyclic) bond motifs is 1. The Morgan fingerprint density at radius 2 is 1.81 bits per heavy atom. The van der Waals surface area contributed by atoms with Crippen molar-refractivity contribution >= 4 is 11.7 Å². The molecule has 0 atom stereocenters. The number of methoxy groups -OCH3 is 2. The molecule has 1 amide bonds. The van der Waals surface area contributed by atoms with Crippen molar-refractivity contribution in [1.82, 2.24) is 14.9 Å². The Labute approximate surface area is 153 Å². The van der Waals surface area contributed by atoms with E-state index in [0.29, 0.717) is 36.1 Å². The highest BCUT2D eigenvalue weighted by Gasteiger charge is 2.24. The van der Waals surface area contributed by atoms with Crippen LogP contribution in [0.1, 0.15) is 35.5 Å². The molecule has 7 heteroatoms. The van der Waals surface area contributed by atoms with Gasteiger partial charge >= 0.3 is 0 Å². The standard InChI is InChI=1S/C19H24N4O3/c1-12(2)22-18-9-15(20-11-21-18)19(24)23-6-5-13-7-16(25-3)17(26-4)8-14(13)10-23/h7-9,11-12H,5-6,10H2,1-4H3,(H,20,21,22). The number of carbonyl (C=O) groups excluding carboxylic acids is 1. The van der Waals surface area contributed by atoms with E-state index in [1.807, 2.05) is 26.0 Å². The number of amides is 1. The third kappa shape index (κ3) is 3.71. The van der Waals surface area contributed by atoms with Gasteiger partial charge in [0.15, 0.2) is 11.5 Å². The summed E-state index contributed by atoms with van der Waals surface area (Å²) in [6.45, 7) is 5.20. The molecule has 2 heterocycles. The summed E-state index contributed by atoms with van der Waals surface area (Å²) in [5.74, 6) is 1.94. The van der Waals surface area contributed by atoms with Gasteiger partial charge < -0.3 is 19.7 Å². The molecule has 0 fully saturated rings. The van der Waals surface area contributed by atoms with Crippen molar-refractivity contribution in [3.8, 4) is 11.5 Å². The number of aromatic nitrogens is 2. The zero-order valence-corrected chi connectivity index (χ0v) is 15.6. The Hall–Kier alpha value is -2.83. The minimum absolute atomic E-state index is 0.0976. The highest BCUT2D eigenvalue weighted by atomic mass is 16.5. The second-order valence-corrected chi connectivity index (χ2v) is 6.54. The number of nitrogens with one attached hydrogen (secondary N) is 1. The van der Waals surface area contributed by atoms with Gasteiger partial charge in [0.05, 0.1) is 14.2 Å². The van der Waals surface area contributed by atoms with Crippen LogP contribution < -0.4 is 14.8 Å². The van der Waals surface area contributed by atoms with Crippen molar-refractivity contribution in [3.63, 3.8) is 0 Å². The molecule has 26 heavy (non-hydrogen) atoms. The number of hydrogen-bond donors (Lipinski definition) is 1. The van der Waals surface area contributed by atoms with Crippen LogP contribution in [-0.2, 0) is 13.0 Å². The fourth-order valence-corrected chi connectivity index (χ4v) is 3.07. The van der Waals surface area contributed by atoms with Gasteiger partial charge in [-0.05, 0) is 43.5 Å². The van der Waals surface area contributed by atoms with Crippen molar-refractivity contribution in [1.29, 1.82) is 0 Å². The first-order chi connectivity index (χ1) is 12.5. The third-order valence-corrected chi connectivity index (χ3v) is 4.33. The number of carbonyl (C=O) groups is 1. The molecule has 0 bridgehead atoms. The molecule has 138 valence electrons. The normalized spacial score (nSPS) is 13.3. The molecule has 1 N–H and O–H groups in total. The Balaban J connectivity index is 1.81. The van der Waals surface area contributed by atoms with E-state index in [1.165, 1.54) is 11.9 Å². The first-order valence-electron chi connectivity index (χ1n) is 8.63. The molecule has 2 aromatic rings. The molecule has 0 spiro atoms. The van der Waals surface area contributed by atoms with E-state index in [4.69, 9.17) is 9.47 Å². The van der Waals surface area contributed by atoms with E-state index in [9.17, 15) is 4.79 Å². The van der Waals surface area contributed by atoms with Crippen LogP contribution in [0.2, 0.25) is 0 Å². The molecular formula is C19H24N4O3. The van der Waals surface area contributed by atoms with Gasteiger partial charge in [-0.2, -0.15) is 0 Å². The summed E-state index contributed by atoms with van der Waals surface area (Å²) in [7, 11) is 3.24. The van der Waals surface area contributed by atoms with E-state index in [2.05, 4.69) is 15.3 Å². The Morgan fingerprint density at radius 1 is 1.12 bits per heavy atom. The van der Waals surface area contributed by atoms with Crippen molar-refractivity contribution in [2.75, 3.05) is 26.1 Å². The summed E-state index contributed by atoms with van der Waals surface area (Å²) < 4.78 is 10.7. The third-order valence-electron chi connectivity index (χ3n) is 4.33. The number of ether oxygens (including phenoxy) is 2. The predicted octanol–water partition coefficient (Wildman–Crippen LogP) is 2.51. The van der Waals surface area contributed by atoms with Gasteiger partial charge in [0.2, 0.25) is 0 Å². The number of nitrogens with zero attached hydrogens (tertiary/aromatic N) is 3. The van der Waals surface area contributed by atoms with Crippen LogP contribution in [0, 0.1) is 0 Å². The highest BCUT2D eigenvalue weighted by Crippen LogP contribution is 2.33. The summed E-state index contributed by atoms with van der Waals surface area (Å²) >= 11 is 0. The van der Waals surface area contributed by atoms with Crippen LogP contribution in [0.15, 0.2) is 24.5 Å². The van der Waals surface area contributed by atoms with Crippen LogP contribution >= 0.6 is 0 Å². The molecule has 0 radical (unpaired) electrons. The average Bonchev–Trinajstić information content (AvgIpc) is 2.65. The number of hydrogen-bond acceptors (Lipinski definition) is 6. The van der Waals surface area contributed by atoms with Crippen molar-refractivity contribution < 1.29 is 14.3 Å². The van der Waals surface area contributed by atoms with E-state index in [1.54, 1.807) is 25.2 Å². The first-order valence-corrected chi connectivity index (χ1v) is 8.63. The van der Waals surface area contributed by atoms with Gasteiger partial charge in [0.25, 0.3) is 5.91 Å². The molecular weight excluding hydrogens is 332 g/mol. The maximum atomic E-state index is 12.9. The van der Waals surface area contributed by atoms with Gasteiger partial charge in [-0.1, -0.05) is 0 Å². The summed E-state index contributed by atoms with van der Waals surface area (Å²) in [4.78, 5) is 23.0. The van der Waals surface area contributed by atoms with Crippen LogP contribution in [0.3, 0.4) is 0 Å². The fraction of sp³-hybridized carbons (Fsp3) is 0.421. The summed E-state index contributed by atoms with van der Waals surface area (Å²) in [5, 5.41) is 3.19. The molecule has 0 aliphatic carbocycles. The maximum absolute atomic E-state index is 12.9. The van der Waals surface area contributed by atoms with Gasteiger partial charge in [0, 0.05) is 25.2 Å². The number of rotatable bonds is 5. The molecule has 0 saturated carbocycles. The zero-order chi connectivity index (χ0) is 18.7. The first kappa shape index (κ1) is 18.0. The van der Waals surface area contributed by atoms with Crippen LogP contribution in [0.25, 0.3) is 0 Å². The molecule has 0 unspecified atom stereocenters. The van der Waals surface area contributed by atoms with Gasteiger partial charge in [-0.25, -0.2) is 9.97 Å². The van der Waals surface area contributed by atoms with E-state index in [0.717, 1.165) is 12.0 Å². The van der Waals surface area contributed by atoms with Crippen LogP contribution in [0.4, 0.5) is 5.82 Å². The minimum Gasteiger partial charge on any atom is -0.493 e. The van der Waals surface area contributed by atoms with Crippen LogP contribution in [0.5, 0.6) is 11.5 Å². The molecule has 7 nitrogen and oxygen atoms in total. The van der Waals surface area contributed by atoms with E-state index < -0.39 is 0 Å². The smallest absolute Gasteiger partial charge is 0.272 e. The molecule has 1 aromatic carbocycles. The highest BCUT2D eigenvalue weighted by molar-refractivity contribution is 5.93. The molecule has 1 aromatic heterocycles. The maximum Gasteiger partial charge on any atom is 0.272 e. The van der Waals surface area contributed by atoms with Crippen molar-refractivity contribution in [2.24, 2.45) is 0 Å². The lowest BCUT2D eigenvalue weighted by atomic mass is 9.98. The second-order valence-electron chi connectivity index (χ2n) is 6.54. The monoisotopic (exact) mass is 356 g/mol. The molecule has 3 rings (SSSR count). The zero-order valence-electron chi connectivity index (χ0n) is 15.6. The summed E-state index contributed by atoms with van der Waals surface area (Å²) in [6, 6.07) is 5.87. The van der Waals surface area contributed by atoms with Gasteiger partial charge in [-0.3, -0.25) is 4.79 Å². The molecule has 0 saturated heterocycles. The topological polar surface area (TPSA) is 76.6 Å². The average molecular weight is 356 g/mol. The lowest BCUT2D eigenvalue weighted by Gasteiger charge is -2.29. The molecule has 1 aliphatic heterocycles. The predicted molar refractivity (Wildman–Crippen MR) is 98.8 cm³/mol. The lowest BCUT2D eigenvalue weighted by Crippen LogP contribution is -2.36. The second kappa shape index (κ2) is 7.59. The number of benzene rings is 1. The van der Waals surface area contributed by atoms with E-state index in [-0.39, 0.29) is 11.9 Å². The Morgan fingerprint density at radius 3 is 2.46 bits per heavy atom. The quantitative estimate of drug-likeness (QED) is 0.887. The lowest BCUT2D eigenvalue weighted by molar-refractivity contribution is 0.0728. The molecule has 1 aliphatic rings. The van der Waals surface area contributed by atoms with E-state index >= 15 is 0 Å².